The van der Waals surface area contributed by atoms with Crippen LogP contribution in [0.5, 0.6) is 11.5 Å². The molecule has 0 saturated carbocycles. The Balaban J connectivity index is 1.43. The molecule has 1 fully saturated rings. The Kier molecular flexibility index (Phi) is 7.08. The normalized spacial score (nSPS) is 18.8. The molecule has 2 aromatic rings. The lowest BCUT2D eigenvalue weighted by molar-refractivity contribution is -0.161. The number of carbonyl (C=O) groups is 2. The number of esters is 1. The zero-order valence-corrected chi connectivity index (χ0v) is 20.0. The maximum Gasteiger partial charge on any atom is 0.325 e. The van der Waals surface area contributed by atoms with Gasteiger partial charge < -0.3 is 19.1 Å². The number of hydrogen-bond donors (Lipinski definition) is 0. The predicted molar refractivity (Wildman–Crippen MR) is 123 cm³/mol. The molecule has 0 radical (unpaired) electrons. The van der Waals surface area contributed by atoms with Gasteiger partial charge in [0.15, 0.2) is 17.6 Å². The summed E-state index contributed by atoms with van der Waals surface area (Å²) >= 11 is 0. The molecule has 0 unspecified atom stereocenters. The van der Waals surface area contributed by atoms with Crippen LogP contribution in [0.3, 0.4) is 0 Å². The van der Waals surface area contributed by atoms with Crippen molar-refractivity contribution >= 4 is 21.9 Å². The maximum absolute atomic E-state index is 13.3. The van der Waals surface area contributed by atoms with Gasteiger partial charge in [-0.25, -0.2) is 8.42 Å². The van der Waals surface area contributed by atoms with Crippen LogP contribution in [-0.4, -0.2) is 68.5 Å². The number of rotatable bonds is 7. The Labute approximate surface area is 199 Å². The highest BCUT2D eigenvalue weighted by molar-refractivity contribution is 7.89. The van der Waals surface area contributed by atoms with Crippen LogP contribution in [0, 0.1) is 0 Å². The molecular formula is C24H28N2O7S. The van der Waals surface area contributed by atoms with Gasteiger partial charge in [-0.1, -0.05) is 30.3 Å². The summed E-state index contributed by atoms with van der Waals surface area (Å²) in [6, 6.07) is 12.9. The van der Waals surface area contributed by atoms with Gasteiger partial charge >= 0.3 is 5.97 Å². The van der Waals surface area contributed by atoms with E-state index < -0.39 is 28.1 Å². The number of amides is 1. The molecule has 1 saturated heterocycles. The smallest absolute Gasteiger partial charge is 0.325 e. The summed E-state index contributed by atoms with van der Waals surface area (Å²) in [5.41, 5.74) is 0.948. The molecule has 9 nitrogen and oxygen atoms in total. The predicted octanol–water partition coefficient (Wildman–Crippen LogP) is 2.20. The summed E-state index contributed by atoms with van der Waals surface area (Å²) in [4.78, 5) is 27.1. The average molecular weight is 489 g/mol. The van der Waals surface area contributed by atoms with Crippen molar-refractivity contribution in [3.05, 3.63) is 54.1 Å². The topological polar surface area (TPSA) is 102 Å². The van der Waals surface area contributed by atoms with Crippen LogP contribution >= 0.6 is 0 Å². The Hall–Kier alpha value is -3.11. The second-order valence-electron chi connectivity index (χ2n) is 8.34. The highest BCUT2D eigenvalue weighted by atomic mass is 32.2. The van der Waals surface area contributed by atoms with Gasteiger partial charge in [0.2, 0.25) is 10.0 Å². The number of benzene rings is 2. The Bertz CT molecular complexity index is 1150. The van der Waals surface area contributed by atoms with Crippen molar-refractivity contribution in [3.63, 3.8) is 0 Å². The van der Waals surface area contributed by atoms with Crippen molar-refractivity contribution in [1.82, 2.24) is 9.21 Å². The van der Waals surface area contributed by atoms with Crippen LogP contribution in [0.1, 0.15) is 25.3 Å². The van der Waals surface area contributed by atoms with Crippen LogP contribution in [-0.2, 0) is 30.9 Å². The summed E-state index contributed by atoms with van der Waals surface area (Å²) in [7, 11) is -2.35. The SMILES string of the molecule is C[C@H](OC(=O)[C@@H]1CCCN1S(=O)(=O)c1ccc2c(c1)OCCO2)C(=O)N(C)Cc1ccccc1. The molecule has 2 aromatic carbocycles. The molecule has 2 atom stereocenters. The van der Waals surface area contributed by atoms with Gasteiger partial charge in [0, 0.05) is 26.2 Å². The lowest BCUT2D eigenvalue weighted by Crippen LogP contribution is -2.44. The molecule has 2 aliphatic heterocycles. The van der Waals surface area contributed by atoms with E-state index in [4.69, 9.17) is 14.2 Å². The lowest BCUT2D eigenvalue weighted by atomic mass is 10.2. The highest BCUT2D eigenvalue weighted by Gasteiger charge is 2.41. The van der Waals surface area contributed by atoms with E-state index >= 15 is 0 Å². The van der Waals surface area contributed by atoms with E-state index in [1.165, 1.54) is 24.0 Å². The second-order valence-corrected chi connectivity index (χ2v) is 10.2. The van der Waals surface area contributed by atoms with Gasteiger partial charge in [-0.05, 0) is 37.5 Å². The van der Waals surface area contributed by atoms with Gasteiger partial charge in [-0.2, -0.15) is 4.31 Å². The van der Waals surface area contributed by atoms with E-state index in [2.05, 4.69) is 0 Å². The fourth-order valence-electron chi connectivity index (χ4n) is 4.13. The summed E-state index contributed by atoms with van der Waals surface area (Å²) in [6.07, 6.45) is -0.205. The fourth-order valence-corrected chi connectivity index (χ4v) is 5.79. The zero-order chi connectivity index (χ0) is 24.3. The van der Waals surface area contributed by atoms with Gasteiger partial charge in [0.05, 0.1) is 4.90 Å². The molecule has 34 heavy (non-hydrogen) atoms. The molecule has 0 aliphatic carbocycles. The highest BCUT2D eigenvalue weighted by Crippen LogP contribution is 2.35. The number of hydrogen-bond acceptors (Lipinski definition) is 7. The van der Waals surface area contributed by atoms with Crippen molar-refractivity contribution < 1.29 is 32.2 Å². The Morgan fingerprint density at radius 2 is 1.82 bits per heavy atom. The summed E-state index contributed by atoms with van der Waals surface area (Å²) < 4.78 is 44.1. The van der Waals surface area contributed by atoms with Gasteiger partial charge in [-0.3, -0.25) is 9.59 Å². The van der Waals surface area contributed by atoms with E-state index in [0.29, 0.717) is 44.1 Å². The van der Waals surface area contributed by atoms with E-state index in [0.717, 1.165) is 9.87 Å². The minimum Gasteiger partial charge on any atom is -0.486 e. The molecule has 10 heteroatoms. The summed E-state index contributed by atoms with van der Waals surface area (Å²) in [5, 5.41) is 0. The molecule has 1 amide bonds. The summed E-state index contributed by atoms with van der Waals surface area (Å²) in [5.74, 6) is -0.259. The lowest BCUT2D eigenvalue weighted by Gasteiger charge is -2.26. The number of sulfonamides is 1. The third-order valence-electron chi connectivity index (χ3n) is 5.88. The first kappa shape index (κ1) is 24.0. The third kappa shape index (κ3) is 5.02. The van der Waals surface area contributed by atoms with E-state index in [1.807, 2.05) is 30.3 Å². The molecule has 0 spiro atoms. The van der Waals surface area contributed by atoms with Crippen molar-refractivity contribution in [2.24, 2.45) is 0 Å². The molecule has 2 aliphatic rings. The van der Waals surface area contributed by atoms with Crippen LogP contribution in [0.4, 0.5) is 0 Å². The fraction of sp³-hybridized carbons (Fsp3) is 0.417. The van der Waals surface area contributed by atoms with Crippen molar-refractivity contribution in [3.8, 4) is 11.5 Å². The molecule has 4 rings (SSSR count). The maximum atomic E-state index is 13.3. The monoisotopic (exact) mass is 488 g/mol. The average Bonchev–Trinajstić information content (AvgIpc) is 3.35. The minimum atomic E-state index is -3.98. The van der Waals surface area contributed by atoms with Crippen molar-refractivity contribution in [2.45, 2.75) is 43.4 Å². The van der Waals surface area contributed by atoms with Crippen LogP contribution in [0.25, 0.3) is 0 Å². The second kappa shape index (κ2) is 10.0. The Morgan fingerprint density at radius 1 is 1.12 bits per heavy atom. The summed E-state index contributed by atoms with van der Waals surface area (Å²) in [6.45, 7) is 2.79. The Morgan fingerprint density at radius 3 is 2.56 bits per heavy atom. The number of fused-ring (bicyclic) bond motifs is 1. The first-order chi connectivity index (χ1) is 16.3. The van der Waals surface area contributed by atoms with Gasteiger partial charge in [0.1, 0.15) is 19.3 Å². The molecular weight excluding hydrogens is 460 g/mol. The quantitative estimate of drug-likeness (QED) is 0.551. The van der Waals surface area contributed by atoms with E-state index in [9.17, 15) is 18.0 Å². The molecule has 0 aromatic heterocycles. The van der Waals surface area contributed by atoms with Crippen LogP contribution in [0.2, 0.25) is 0 Å². The molecule has 2 heterocycles. The first-order valence-electron chi connectivity index (χ1n) is 11.2. The largest absolute Gasteiger partial charge is 0.486 e. The molecule has 182 valence electrons. The molecule has 0 N–H and O–H groups in total. The van der Waals surface area contributed by atoms with Crippen LogP contribution < -0.4 is 9.47 Å². The van der Waals surface area contributed by atoms with Crippen molar-refractivity contribution in [2.75, 3.05) is 26.8 Å². The number of carbonyl (C=O) groups excluding carboxylic acids is 2. The number of nitrogens with zero attached hydrogens (tertiary/aromatic N) is 2. The standard InChI is InChI=1S/C24H28N2O7S/c1-17(23(27)25(2)16-18-7-4-3-5-8-18)33-24(28)20-9-6-12-26(20)34(29,30)19-10-11-21-22(15-19)32-14-13-31-21/h3-5,7-8,10-11,15,17,20H,6,9,12-14,16H2,1-2H3/t17-,20-/m0/s1. The third-order valence-corrected chi connectivity index (χ3v) is 7.78. The van der Waals surface area contributed by atoms with Gasteiger partial charge in [0.25, 0.3) is 5.91 Å². The first-order valence-corrected chi connectivity index (χ1v) is 12.6. The van der Waals surface area contributed by atoms with E-state index in [-0.39, 0.29) is 17.3 Å². The van der Waals surface area contributed by atoms with E-state index in [1.54, 1.807) is 13.1 Å². The number of likely N-dealkylation sites (N-methyl/N-ethyl adjacent to an activating group) is 1. The zero-order valence-electron chi connectivity index (χ0n) is 19.2. The van der Waals surface area contributed by atoms with Crippen LogP contribution in [0.15, 0.2) is 53.4 Å². The number of ether oxygens (including phenoxy) is 3. The minimum absolute atomic E-state index is 0.0168. The van der Waals surface area contributed by atoms with Gasteiger partial charge in [-0.15, -0.1) is 0 Å². The van der Waals surface area contributed by atoms with Crippen molar-refractivity contribution in [1.29, 1.82) is 0 Å². The molecule has 0 bridgehead atoms.